The molecule has 11 rings (SSSR count). The predicted octanol–water partition coefficient (Wildman–Crippen LogP) is 14.5. The Hall–Kier alpha value is -5.90. The Balaban J connectivity index is 1.08. The minimum Gasteiger partial charge on any atom is -0.454 e. The zero-order chi connectivity index (χ0) is 38.3. The van der Waals surface area contributed by atoms with Crippen LogP contribution in [0.15, 0.2) is 150 Å². The number of benzene rings is 8. The topological polar surface area (TPSA) is 16.4 Å². The number of para-hydroxylation sites is 2. The molecule has 0 saturated heterocycles. The number of furan rings is 1. The summed E-state index contributed by atoms with van der Waals surface area (Å²) >= 11 is 0. The van der Waals surface area contributed by atoms with Gasteiger partial charge in [-0.15, -0.1) is 0 Å². The first-order valence-electron chi connectivity index (χ1n) is 20.0. The zero-order valence-electron chi connectivity index (χ0n) is 33.2. The maximum Gasteiger partial charge on any atom is 0.159 e. The van der Waals surface area contributed by atoms with Gasteiger partial charge in [-0.3, -0.25) is 0 Å². The molecule has 0 radical (unpaired) electrons. The van der Waals surface area contributed by atoms with Crippen LogP contribution in [-0.4, -0.2) is 8.07 Å². The van der Waals surface area contributed by atoms with Gasteiger partial charge in [-0.2, -0.15) is 0 Å². The monoisotopic (exact) mass is 739 g/mol. The van der Waals surface area contributed by atoms with Gasteiger partial charge in [0, 0.05) is 33.0 Å². The van der Waals surface area contributed by atoms with Crippen LogP contribution in [0.1, 0.15) is 49.9 Å². The number of rotatable bonds is 4. The summed E-state index contributed by atoms with van der Waals surface area (Å²) in [5.41, 5.74) is 16.0. The van der Waals surface area contributed by atoms with E-state index >= 15 is 0 Å². The maximum absolute atomic E-state index is 6.65. The van der Waals surface area contributed by atoms with Gasteiger partial charge in [-0.25, -0.2) is 0 Å². The second-order valence-electron chi connectivity index (χ2n) is 18.2. The van der Waals surface area contributed by atoms with Crippen molar-refractivity contribution in [3.8, 4) is 22.3 Å². The molecule has 0 atom stereocenters. The van der Waals surface area contributed by atoms with Gasteiger partial charge in [0.05, 0.1) is 13.8 Å². The minimum atomic E-state index is -1.48. The molecule has 3 heteroatoms. The first-order valence-corrected chi connectivity index (χ1v) is 23.5. The fourth-order valence-corrected chi connectivity index (χ4v) is 11.3. The van der Waals surface area contributed by atoms with Crippen molar-refractivity contribution in [3.63, 3.8) is 0 Å². The summed E-state index contributed by atoms with van der Waals surface area (Å²) in [4.78, 5) is 2.39. The quantitative estimate of drug-likeness (QED) is 0.167. The van der Waals surface area contributed by atoms with E-state index in [0.29, 0.717) is 0 Å². The van der Waals surface area contributed by atoms with Crippen LogP contribution in [0, 0.1) is 0 Å². The second kappa shape index (κ2) is 11.3. The number of fused-ring (bicyclic) bond motifs is 12. The fourth-order valence-electron chi connectivity index (χ4n) is 10.1. The molecule has 0 fully saturated rings. The van der Waals surface area contributed by atoms with Crippen LogP contribution < -0.4 is 10.1 Å². The van der Waals surface area contributed by atoms with Gasteiger partial charge < -0.3 is 9.32 Å². The van der Waals surface area contributed by atoms with Crippen molar-refractivity contribution in [2.45, 2.75) is 58.2 Å². The van der Waals surface area contributed by atoms with Crippen molar-refractivity contribution >= 4 is 73.8 Å². The van der Waals surface area contributed by atoms with Gasteiger partial charge in [0.15, 0.2) is 5.58 Å². The van der Waals surface area contributed by atoms with E-state index < -0.39 is 8.07 Å². The Labute approximate surface area is 330 Å². The Morgan fingerprint density at radius 2 is 1.09 bits per heavy atom. The van der Waals surface area contributed by atoms with Crippen LogP contribution in [-0.2, 0) is 10.8 Å². The molecule has 0 unspecified atom stereocenters. The van der Waals surface area contributed by atoms with Gasteiger partial charge in [-0.1, -0.05) is 137 Å². The molecule has 8 aromatic carbocycles. The molecule has 0 N–H and O–H groups in total. The largest absolute Gasteiger partial charge is 0.454 e. The van der Waals surface area contributed by atoms with Crippen LogP contribution in [0.2, 0.25) is 19.6 Å². The molecule has 2 aliphatic rings. The van der Waals surface area contributed by atoms with Gasteiger partial charge in [0.2, 0.25) is 0 Å². The third kappa shape index (κ3) is 4.61. The van der Waals surface area contributed by atoms with Gasteiger partial charge in [0.1, 0.15) is 5.58 Å². The molecule has 1 aromatic heterocycles. The molecule has 0 spiro atoms. The molecule has 0 amide bonds. The standard InChI is InChI=1S/C53H45NOSi/c1-52(2)45-29-34-27-36(54(35-22-24-37(25-23-35)56(5,6)7)48-17-12-16-41-39-15-10-11-18-49(39)55-51(41)48)21-19-33(34)28-42(45)44-31-47-43(30-46(44)52)40-26-20-32-13-8-9-14-38(32)50(40)53(47,3)4/h8-31H,1-7H3. The summed E-state index contributed by atoms with van der Waals surface area (Å²) in [7, 11) is -1.48. The molecule has 9 aromatic rings. The van der Waals surface area contributed by atoms with Crippen LogP contribution in [0.3, 0.4) is 0 Å². The molecule has 56 heavy (non-hydrogen) atoms. The van der Waals surface area contributed by atoms with Crippen LogP contribution in [0.5, 0.6) is 0 Å². The highest BCUT2D eigenvalue weighted by Gasteiger charge is 2.42. The van der Waals surface area contributed by atoms with E-state index in [1.165, 1.54) is 71.2 Å². The summed E-state index contributed by atoms with van der Waals surface area (Å²) in [5, 5.41) is 8.89. The van der Waals surface area contributed by atoms with E-state index in [4.69, 9.17) is 4.42 Å². The lowest BCUT2D eigenvalue weighted by molar-refractivity contribution is 0.655. The first-order chi connectivity index (χ1) is 26.9. The summed E-state index contributed by atoms with van der Waals surface area (Å²) in [5.74, 6) is 0. The molecule has 272 valence electrons. The highest BCUT2D eigenvalue weighted by Crippen LogP contribution is 2.58. The van der Waals surface area contributed by atoms with Crippen LogP contribution in [0.4, 0.5) is 17.1 Å². The van der Waals surface area contributed by atoms with Crippen molar-refractivity contribution in [3.05, 3.63) is 168 Å². The Morgan fingerprint density at radius 3 is 1.88 bits per heavy atom. The van der Waals surface area contributed by atoms with Crippen LogP contribution in [0.25, 0.3) is 65.7 Å². The van der Waals surface area contributed by atoms with Crippen molar-refractivity contribution < 1.29 is 4.42 Å². The summed E-state index contributed by atoms with van der Waals surface area (Å²) in [6.45, 7) is 16.9. The third-order valence-corrected chi connectivity index (χ3v) is 15.2. The van der Waals surface area contributed by atoms with E-state index in [-0.39, 0.29) is 10.8 Å². The summed E-state index contributed by atoms with van der Waals surface area (Å²) in [6.07, 6.45) is 0. The molecular formula is C53H45NOSi. The summed E-state index contributed by atoms with van der Waals surface area (Å²) < 4.78 is 6.65. The Kier molecular flexibility index (Phi) is 6.77. The maximum atomic E-state index is 6.65. The Bertz CT molecular complexity index is 3120. The summed E-state index contributed by atoms with van der Waals surface area (Å²) in [6, 6.07) is 54.7. The lowest BCUT2D eigenvalue weighted by Gasteiger charge is -2.27. The molecule has 2 nitrogen and oxygen atoms in total. The van der Waals surface area contributed by atoms with Crippen molar-refractivity contribution in [1.82, 2.24) is 0 Å². The van der Waals surface area contributed by atoms with Crippen LogP contribution >= 0.6 is 0 Å². The third-order valence-electron chi connectivity index (χ3n) is 13.1. The molecular weight excluding hydrogens is 695 g/mol. The van der Waals surface area contributed by atoms with Gasteiger partial charge in [-0.05, 0) is 127 Å². The lowest BCUT2D eigenvalue weighted by Crippen LogP contribution is -2.37. The fraction of sp³-hybridized carbons (Fsp3) is 0.170. The van der Waals surface area contributed by atoms with E-state index in [1.807, 2.05) is 6.07 Å². The van der Waals surface area contributed by atoms with Gasteiger partial charge in [0.25, 0.3) is 0 Å². The highest BCUT2D eigenvalue weighted by atomic mass is 28.3. The smallest absolute Gasteiger partial charge is 0.159 e. The number of anilines is 3. The van der Waals surface area contributed by atoms with Crippen molar-refractivity contribution in [2.75, 3.05) is 4.90 Å². The Morgan fingerprint density at radius 1 is 0.464 bits per heavy atom. The highest BCUT2D eigenvalue weighted by molar-refractivity contribution is 6.88. The number of hydrogen-bond acceptors (Lipinski definition) is 2. The van der Waals surface area contributed by atoms with E-state index in [2.05, 4.69) is 192 Å². The minimum absolute atomic E-state index is 0.0986. The zero-order valence-corrected chi connectivity index (χ0v) is 34.2. The van der Waals surface area contributed by atoms with E-state index in [1.54, 1.807) is 0 Å². The van der Waals surface area contributed by atoms with Gasteiger partial charge >= 0.3 is 0 Å². The predicted molar refractivity (Wildman–Crippen MR) is 242 cm³/mol. The average molecular weight is 740 g/mol. The SMILES string of the molecule is CC1(C)c2cc3c(cc2-c2cc4ccc(N(c5ccc([Si](C)(C)C)cc5)c5cccc6c5oc5ccccc56)cc4cc21)C(C)(C)c1c-3ccc2ccccc12. The number of hydrogen-bond donors (Lipinski definition) is 0. The molecule has 0 bridgehead atoms. The van der Waals surface area contributed by atoms with E-state index in [9.17, 15) is 0 Å². The molecule has 1 heterocycles. The normalized spacial score (nSPS) is 15.0. The van der Waals surface area contributed by atoms with Crippen molar-refractivity contribution in [2.24, 2.45) is 0 Å². The average Bonchev–Trinajstić information content (AvgIpc) is 3.76. The first kappa shape index (κ1) is 33.4. The van der Waals surface area contributed by atoms with Crippen molar-refractivity contribution in [1.29, 1.82) is 0 Å². The molecule has 0 aliphatic heterocycles. The lowest BCUT2D eigenvalue weighted by atomic mass is 9.78. The number of nitrogens with zero attached hydrogens (tertiary/aromatic N) is 1. The molecule has 0 saturated carbocycles. The molecule has 2 aliphatic carbocycles. The van der Waals surface area contributed by atoms with E-state index in [0.717, 1.165) is 39.0 Å². The second-order valence-corrected chi connectivity index (χ2v) is 23.3.